The van der Waals surface area contributed by atoms with Crippen LogP contribution in [0.2, 0.25) is 0 Å². The first-order valence-electron chi connectivity index (χ1n) is 6.40. The number of sulfone groups is 1. The molecular weight excluding hydrogens is 238 g/mol. The molecule has 1 aliphatic rings. The molecule has 4 nitrogen and oxygen atoms in total. The third-order valence-electron chi connectivity index (χ3n) is 3.75. The number of rotatable bonds is 6. The summed E-state index contributed by atoms with van der Waals surface area (Å²) in [6.45, 7) is 2.79. The Hall–Kier alpha value is -0.130. The first kappa shape index (κ1) is 14.9. The van der Waals surface area contributed by atoms with E-state index in [-0.39, 0.29) is 11.3 Å². The van der Waals surface area contributed by atoms with Crippen LogP contribution in [0, 0.1) is 5.92 Å². The van der Waals surface area contributed by atoms with Gasteiger partial charge in [0.2, 0.25) is 0 Å². The summed E-state index contributed by atoms with van der Waals surface area (Å²) < 4.78 is 29.2. The first-order valence-corrected chi connectivity index (χ1v) is 8.12. The Morgan fingerprint density at radius 2 is 2.12 bits per heavy atom. The smallest absolute Gasteiger partial charge is 0.154 e. The second-order valence-electron chi connectivity index (χ2n) is 4.97. The van der Waals surface area contributed by atoms with Crippen molar-refractivity contribution in [3.8, 4) is 0 Å². The molecule has 17 heavy (non-hydrogen) atoms. The summed E-state index contributed by atoms with van der Waals surface area (Å²) in [5.41, 5.74) is 0. The molecule has 0 aromatic heterocycles. The van der Waals surface area contributed by atoms with Crippen molar-refractivity contribution in [2.45, 2.75) is 43.9 Å². The van der Waals surface area contributed by atoms with Crippen molar-refractivity contribution in [3.05, 3.63) is 0 Å². The maximum atomic E-state index is 12.1. The number of ether oxygens (including phenoxy) is 1. The van der Waals surface area contributed by atoms with Crippen molar-refractivity contribution < 1.29 is 13.2 Å². The highest BCUT2D eigenvalue weighted by Gasteiger charge is 2.37. The minimum atomic E-state index is -2.91. The number of nitrogens with one attached hydrogen (secondary N) is 1. The molecule has 1 N–H and O–H groups in total. The lowest BCUT2D eigenvalue weighted by atomic mass is 9.93. The predicted molar refractivity (Wildman–Crippen MR) is 69.9 cm³/mol. The first-order chi connectivity index (χ1) is 8.03. The van der Waals surface area contributed by atoms with E-state index in [1.54, 1.807) is 7.11 Å². The highest BCUT2D eigenvalue weighted by Crippen LogP contribution is 2.26. The van der Waals surface area contributed by atoms with Crippen LogP contribution in [-0.4, -0.2) is 46.2 Å². The summed E-state index contributed by atoms with van der Waals surface area (Å²) in [5.74, 6) is 0.671. The van der Waals surface area contributed by atoms with Gasteiger partial charge in [0.1, 0.15) is 0 Å². The largest absolute Gasteiger partial charge is 0.385 e. The van der Waals surface area contributed by atoms with Gasteiger partial charge >= 0.3 is 0 Å². The normalized spacial score (nSPS) is 27.6. The van der Waals surface area contributed by atoms with E-state index in [0.29, 0.717) is 18.3 Å². The average molecular weight is 263 g/mol. The van der Waals surface area contributed by atoms with Crippen LogP contribution in [0.1, 0.15) is 32.6 Å². The van der Waals surface area contributed by atoms with Gasteiger partial charge in [-0.1, -0.05) is 13.3 Å². The van der Waals surface area contributed by atoms with Gasteiger partial charge in [0.05, 0.1) is 11.0 Å². The third-order valence-corrected chi connectivity index (χ3v) is 6.06. The van der Waals surface area contributed by atoms with Crippen LogP contribution in [0.15, 0.2) is 0 Å². The fourth-order valence-corrected chi connectivity index (χ4v) is 4.99. The van der Waals surface area contributed by atoms with E-state index in [1.807, 2.05) is 7.05 Å². The van der Waals surface area contributed by atoms with E-state index >= 15 is 0 Å². The standard InChI is InChI=1S/C12H25NO3S/c1-10(7-8-16-3)12(13-2)11-6-4-5-9-17(11,14)15/h10-13H,4-9H2,1-3H3. The molecule has 1 heterocycles. The number of hydrogen-bond donors (Lipinski definition) is 1. The highest BCUT2D eigenvalue weighted by atomic mass is 32.2. The molecule has 1 saturated heterocycles. The van der Waals surface area contributed by atoms with Crippen LogP contribution >= 0.6 is 0 Å². The van der Waals surface area contributed by atoms with E-state index in [2.05, 4.69) is 12.2 Å². The van der Waals surface area contributed by atoms with Crippen molar-refractivity contribution in [2.24, 2.45) is 5.92 Å². The van der Waals surface area contributed by atoms with Crippen LogP contribution < -0.4 is 5.32 Å². The zero-order valence-electron chi connectivity index (χ0n) is 11.1. The molecule has 3 unspecified atom stereocenters. The summed E-state index contributed by atoms with van der Waals surface area (Å²) >= 11 is 0. The summed E-state index contributed by atoms with van der Waals surface area (Å²) in [6.07, 6.45) is 3.54. The quantitative estimate of drug-likeness (QED) is 0.783. The van der Waals surface area contributed by atoms with Gasteiger partial charge in [-0.25, -0.2) is 8.42 Å². The lowest BCUT2D eigenvalue weighted by molar-refractivity contribution is 0.169. The van der Waals surface area contributed by atoms with E-state index in [4.69, 9.17) is 4.74 Å². The van der Waals surface area contributed by atoms with Crippen molar-refractivity contribution >= 4 is 9.84 Å². The SMILES string of the molecule is CNC(C(C)CCOC)C1CCCCS1(=O)=O. The molecule has 0 aliphatic carbocycles. The molecule has 0 aromatic rings. The molecule has 0 radical (unpaired) electrons. The maximum Gasteiger partial charge on any atom is 0.154 e. The molecule has 1 fully saturated rings. The lowest BCUT2D eigenvalue weighted by Gasteiger charge is -2.33. The Balaban J connectivity index is 2.71. The van der Waals surface area contributed by atoms with Gasteiger partial charge in [-0.05, 0) is 32.2 Å². The molecule has 102 valence electrons. The van der Waals surface area contributed by atoms with Gasteiger partial charge in [-0.3, -0.25) is 0 Å². The van der Waals surface area contributed by atoms with Gasteiger partial charge in [0, 0.05) is 19.8 Å². The van der Waals surface area contributed by atoms with Crippen LogP contribution in [0.3, 0.4) is 0 Å². The van der Waals surface area contributed by atoms with Crippen LogP contribution in [0.5, 0.6) is 0 Å². The molecule has 0 spiro atoms. The molecule has 0 amide bonds. The molecule has 0 aromatic carbocycles. The van der Waals surface area contributed by atoms with E-state index in [0.717, 1.165) is 25.7 Å². The van der Waals surface area contributed by atoms with Gasteiger partial charge in [0.25, 0.3) is 0 Å². The van der Waals surface area contributed by atoms with Crippen LogP contribution in [-0.2, 0) is 14.6 Å². The molecule has 0 bridgehead atoms. The molecule has 0 saturated carbocycles. The van der Waals surface area contributed by atoms with Crippen molar-refractivity contribution in [2.75, 3.05) is 26.5 Å². The Labute approximate surface area is 105 Å². The minimum Gasteiger partial charge on any atom is -0.385 e. The van der Waals surface area contributed by atoms with E-state index in [9.17, 15) is 8.42 Å². The monoisotopic (exact) mass is 263 g/mol. The Morgan fingerprint density at radius 1 is 1.41 bits per heavy atom. The highest BCUT2D eigenvalue weighted by molar-refractivity contribution is 7.92. The van der Waals surface area contributed by atoms with Crippen molar-refractivity contribution in [1.82, 2.24) is 5.32 Å². The van der Waals surface area contributed by atoms with Gasteiger partial charge < -0.3 is 10.1 Å². The Bertz CT molecular complexity index is 316. The molecule has 1 rings (SSSR count). The minimum absolute atomic E-state index is 0.0513. The number of hydrogen-bond acceptors (Lipinski definition) is 4. The summed E-state index contributed by atoms with van der Waals surface area (Å²) in [4.78, 5) is 0. The summed E-state index contributed by atoms with van der Waals surface area (Å²) in [6, 6.07) is 0.0513. The van der Waals surface area contributed by atoms with Gasteiger partial charge in [-0.2, -0.15) is 0 Å². The van der Waals surface area contributed by atoms with E-state index < -0.39 is 9.84 Å². The van der Waals surface area contributed by atoms with E-state index in [1.165, 1.54) is 0 Å². The molecular formula is C12H25NO3S. The zero-order valence-corrected chi connectivity index (χ0v) is 11.9. The molecule has 3 atom stereocenters. The van der Waals surface area contributed by atoms with Crippen LogP contribution in [0.4, 0.5) is 0 Å². The fraction of sp³-hybridized carbons (Fsp3) is 1.00. The Morgan fingerprint density at radius 3 is 2.65 bits per heavy atom. The van der Waals surface area contributed by atoms with Crippen molar-refractivity contribution in [3.63, 3.8) is 0 Å². The topological polar surface area (TPSA) is 55.4 Å². The fourth-order valence-electron chi connectivity index (χ4n) is 2.70. The molecule has 5 heteroatoms. The van der Waals surface area contributed by atoms with Crippen molar-refractivity contribution in [1.29, 1.82) is 0 Å². The average Bonchev–Trinajstić information content (AvgIpc) is 2.29. The van der Waals surface area contributed by atoms with Gasteiger partial charge in [0.15, 0.2) is 9.84 Å². The lowest BCUT2D eigenvalue weighted by Crippen LogP contribution is -2.49. The zero-order chi connectivity index (χ0) is 12.9. The second-order valence-corrected chi connectivity index (χ2v) is 7.31. The van der Waals surface area contributed by atoms with Crippen LogP contribution in [0.25, 0.3) is 0 Å². The van der Waals surface area contributed by atoms with Gasteiger partial charge in [-0.15, -0.1) is 0 Å². The predicted octanol–water partition coefficient (Wildman–Crippen LogP) is 1.21. The summed E-state index contributed by atoms with van der Waals surface area (Å²) in [5, 5.41) is 2.99. The second kappa shape index (κ2) is 6.71. The number of methoxy groups -OCH3 is 1. The maximum absolute atomic E-state index is 12.1. The molecule has 1 aliphatic heterocycles. The Kier molecular flexibility index (Phi) is 5.89. The third kappa shape index (κ3) is 3.93. The summed E-state index contributed by atoms with van der Waals surface area (Å²) in [7, 11) is 0.630.